The Morgan fingerprint density at radius 1 is 1.29 bits per heavy atom. The summed E-state index contributed by atoms with van der Waals surface area (Å²) in [6.07, 6.45) is 1.86. The zero-order chi connectivity index (χ0) is 10.7. The molecule has 0 atom stereocenters. The maximum atomic E-state index is 11.2. The monoisotopic (exact) mass is 191 g/mol. The summed E-state index contributed by atoms with van der Waals surface area (Å²) in [5, 5.41) is 0. The Balaban J connectivity index is 3.35. The molecule has 0 saturated heterocycles. The van der Waals surface area contributed by atoms with E-state index in [1.54, 1.807) is 0 Å². The Hall–Kier alpha value is -1.31. The lowest BCUT2D eigenvalue weighted by Crippen LogP contribution is -2.15. The molecule has 1 aromatic carbocycles. The highest BCUT2D eigenvalue weighted by Crippen LogP contribution is 2.19. The van der Waals surface area contributed by atoms with Gasteiger partial charge in [-0.15, -0.1) is 0 Å². The average Bonchev–Trinajstić information content (AvgIpc) is 2.17. The van der Waals surface area contributed by atoms with E-state index < -0.39 is 0 Å². The van der Waals surface area contributed by atoms with Crippen LogP contribution < -0.4 is 5.73 Å². The van der Waals surface area contributed by atoms with Gasteiger partial charge in [-0.25, -0.2) is 0 Å². The second-order valence-electron chi connectivity index (χ2n) is 3.45. The van der Waals surface area contributed by atoms with Gasteiger partial charge in [-0.3, -0.25) is 4.79 Å². The Morgan fingerprint density at radius 2 is 1.93 bits per heavy atom. The first-order valence-corrected chi connectivity index (χ1v) is 5.02. The van der Waals surface area contributed by atoms with Crippen LogP contribution in [-0.2, 0) is 12.8 Å². The molecule has 0 bridgehead atoms. The molecule has 1 rings (SSSR count). The number of benzene rings is 1. The first kappa shape index (κ1) is 10.8. The lowest BCUT2D eigenvalue weighted by molar-refractivity contribution is 0.0999. The Morgan fingerprint density at radius 3 is 2.36 bits per heavy atom. The smallest absolute Gasteiger partial charge is 0.248 e. The number of nitrogens with two attached hydrogens (primary N) is 1. The van der Waals surface area contributed by atoms with Crippen LogP contribution in [0.25, 0.3) is 0 Å². The normalized spacial score (nSPS) is 10.2. The van der Waals surface area contributed by atoms with Crippen molar-refractivity contribution in [2.45, 2.75) is 33.6 Å². The quantitative estimate of drug-likeness (QED) is 0.782. The molecule has 1 aromatic rings. The summed E-state index contributed by atoms with van der Waals surface area (Å²) in [5.74, 6) is -0.326. The van der Waals surface area contributed by atoms with Crippen LogP contribution in [0, 0.1) is 6.92 Å². The van der Waals surface area contributed by atoms with Crippen LogP contribution in [0.15, 0.2) is 12.1 Å². The molecule has 0 fully saturated rings. The molecular formula is C12H17NO. The van der Waals surface area contributed by atoms with Crippen molar-refractivity contribution in [1.82, 2.24) is 0 Å². The van der Waals surface area contributed by atoms with Gasteiger partial charge in [0.05, 0.1) is 0 Å². The van der Waals surface area contributed by atoms with Gasteiger partial charge in [-0.2, -0.15) is 0 Å². The van der Waals surface area contributed by atoms with E-state index in [1.165, 1.54) is 11.1 Å². The first-order valence-electron chi connectivity index (χ1n) is 5.02. The molecule has 2 heteroatoms. The Kier molecular flexibility index (Phi) is 3.28. The number of carbonyl (C=O) groups excluding carboxylic acids is 1. The molecule has 2 N–H and O–H groups in total. The third-order valence-corrected chi connectivity index (χ3v) is 2.71. The van der Waals surface area contributed by atoms with E-state index in [0.29, 0.717) is 5.56 Å². The van der Waals surface area contributed by atoms with Gasteiger partial charge >= 0.3 is 0 Å². The lowest BCUT2D eigenvalue weighted by atomic mass is 9.94. The van der Waals surface area contributed by atoms with E-state index in [1.807, 2.05) is 19.1 Å². The van der Waals surface area contributed by atoms with Crippen molar-refractivity contribution in [1.29, 1.82) is 0 Å². The fraction of sp³-hybridized carbons (Fsp3) is 0.417. The molecule has 0 aliphatic rings. The van der Waals surface area contributed by atoms with Crippen LogP contribution in [-0.4, -0.2) is 5.91 Å². The molecule has 2 nitrogen and oxygen atoms in total. The van der Waals surface area contributed by atoms with Gasteiger partial charge in [-0.05, 0) is 42.5 Å². The second-order valence-corrected chi connectivity index (χ2v) is 3.45. The van der Waals surface area contributed by atoms with Gasteiger partial charge in [-0.1, -0.05) is 19.9 Å². The summed E-state index contributed by atoms with van der Waals surface area (Å²) in [6.45, 7) is 6.23. The van der Waals surface area contributed by atoms with E-state index >= 15 is 0 Å². The summed E-state index contributed by atoms with van der Waals surface area (Å²) in [4.78, 5) is 11.2. The van der Waals surface area contributed by atoms with Crippen molar-refractivity contribution in [3.8, 4) is 0 Å². The number of hydrogen-bond acceptors (Lipinski definition) is 1. The lowest BCUT2D eigenvalue weighted by Gasteiger charge is -2.12. The summed E-state index contributed by atoms with van der Waals surface area (Å²) < 4.78 is 0. The second kappa shape index (κ2) is 4.27. The van der Waals surface area contributed by atoms with Crippen molar-refractivity contribution in [2.75, 3.05) is 0 Å². The molecule has 0 saturated carbocycles. The van der Waals surface area contributed by atoms with Crippen molar-refractivity contribution in [2.24, 2.45) is 5.73 Å². The van der Waals surface area contributed by atoms with Crippen LogP contribution in [0.2, 0.25) is 0 Å². The van der Waals surface area contributed by atoms with Gasteiger partial charge in [0.15, 0.2) is 0 Å². The molecule has 1 amide bonds. The highest BCUT2D eigenvalue weighted by molar-refractivity contribution is 5.94. The minimum Gasteiger partial charge on any atom is -0.366 e. The number of rotatable bonds is 3. The number of primary amides is 1. The van der Waals surface area contributed by atoms with E-state index in [9.17, 15) is 4.79 Å². The van der Waals surface area contributed by atoms with Gasteiger partial charge in [0, 0.05) is 5.56 Å². The summed E-state index contributed by atoms with van der Waals surface area (Å²) in [6, 6.07) is 3.83. The zero-order valence-corrected chi connectivity index (χ0v) is 9.05. The van der Waals surface area contributed by atoms with Crippen molar-refractivity contribution in [3.05, 3.63) is 34.4 Å². The summed E-state index contributed by atoms with van der Waals surface area (Å²) >= 11 is 0. The molecule has 76 valence electrons. The van der Waals surface area contributed by atoms with Gasteiger partial charge in [0.2, 0.25) is 5.91 Å². The molecule has 0 aliphatic carbocycles. The van der Waals surface area contributed by atoms with Gasteiger partial charge in [0.25, 0.3) is 0 Å². The van der Waals surface area contributed by atoms with Crippen molar-refractivity contribution < 1.29 is 4.79 Å². The van der Waals surface area contributed by atoms with E-state index in [-0.39, 0.29) is 5.91 Å². The predicted molar refractivity (Wildman–Crippen MR) is 58.5 cm³/mol. The number of aryl methyl sites for hydroxylation is 1. The van der Waals surface area contributed by atoms with Crippen molar-refractivity contribution >= 4 is 5.91 Å². The van der Waals surface area contributed by atoms with Crippen LogP contribution in [0.4, 0.5) is 0 Å². The van der Waals surface area contributed by atoms with Crippen LogP contribution in [0.3, 0.4) is 0 Å². The molecule has 0 unspecified atom stereocenters. The van der Waals surface area contributed by atoms with E-state index in [2.05, 4.69) is 13.8 Å². The highest BCUT2D eigenvalue weighted by Gasteiger charge is 2.10. The maximum absolute atomic E-state index is 11.2. The molecule has 0 aliphatic heterocycles. The van der Waals surface area contributed by atoms with Crippen molar-refractivity contribution in [3.63, 3.8) is 0 Å². The minimum absolute atomic E-state index is 0.326. The van der Waals surface area contributed by atoms with Crippen LogP contribution in [0.5, 0.6) is 0 Å². The van der Waals surface area contributed by atoms with E-state index in [0.717, 1.165) is 18.4 Å². The van der Waals surface area contributed by atoms with E-state index in [4.69, 9.17) is 5.73 Å². The van der Waals surface area contributed by atoms with Crippen LogP contribution in [0.1, 0.15) is 40.9 Å². The number of carbonyl (C=O) groups is 1. The number of hydrogen-bond donors (Lipinski definition) is 1. The molecular weight excluding hydrogens is 174 g/mol. The van der Waals surface area contributed by atoms with Crippen LogP contribution >= 0.6 is 0 Å². The molecule has 0 radical (unpaired) electrons. The topological polar surface area (TPSA) is 43.1 Å². The summed E-state index contributed by atoms with van der Waals surface area (Å²) in [5.41, 5.74) is 9.59. The molecule has 0 aromatic heterocycles. The maximum Gasteiger partial charge on any atom is 0.248 e. The van der Waals surface area contributed by atoms with Gasteiger partial charge < -0.3 is 5.73 Å². The largest absolute Gasteiger partial charge is 0.366 e. The third-order valence-electron chi connectivity index (χ3n) is 2.71. The Labute approximate surface area is 85.1 Å². The Bertz CT molecular complexity index is 356. The molecule has 0 spiro atoms. The van der Waals surface area contributed by atoms with Gasteiger partial charge in [0.1, 0.15) is 0 Å². The standard InChI is InChI=1S/C12H17NO/c1-4-9-6-7-11(12(13)14)10(5-2)8(9)3/h6-7H,4-5H2,1-3H3,(H2,13,14). The highest BCUT2D eigenvalue weighted by atomic mass is 16.1. The third kappa shape index (κ3) is 1.79. The molecule has 0 heterocycles. The zero-order valence-electron chi connectivity index (χ0n) is 9.05. The fourth-order valence-electron chi connectivity index (χ4n) is 1.87. The molecule has 14 heavy (non-hydrogen) atoms. The SMILES string of the molecule is CCc1ccc(C(N)=O)c(CC)c1C. The fourth-order valence-corrected chi connectivity index (χ4v) is 1.87. The number of amides is 1. The first-order chi connectivity index (χ1) is 6.61. The predicted octanol–water partition coefficient (Wildman–Crippen LogP) is 2.22. The summed E-state index contributed by atoms with van der Waals surface area (Å²) in [7, 11) is 0. The average molecular weight is 191 g/mol. The minimum atomic E-state index is -0.326.